The quantitative estimate of drug-likeness (QED) is 0.766. The van der Waals surface area contributed by atoms with Crippen LogP contribution in [0, 0.1) is 0 Å². The van der Waals surface area contributed by atoms with Crippen molar-refractivity contribution in [3.63, 3.8) is 0 Å². The Morgan fingerprint density at radius 1 is 1.33 bits per heavy atom. The number of hydrogen-bond acceptors (Lipinski definition) is 3. The smallest absolute Gasteiger partial charge is 0.0271 e. The maximum atomic E-state index is 4.01. The fraction of sp³-hybridized carbons (Fsp3) is 0.583. The molecule has 0 aromatic carbocycles. The van der Waals surface area contributed by atoms with Crippen LogP contribution in [0.5, 0.6) is 0 Å². The highest BCUT2D eigenvalue weighted by atomic mass is 15.1. The fourth-order valence-corrected chi connectivity index (χ4v) is 1.42. The van der Waals surface area contributed by atoms with Crippen LogP contribution >= 0.6 is 0 Å². The van der Waals surface area contributed by atoms with Crippen LogP contribution in [-0.2, 0) is 6.54 Å². The summed E-state index contributed by atoms with van der Waals surface area (Å²) < 4.78 is 0. The van der Waals surface area contributed by atoms with Gasteiger partial charge in [0, 0.05) is 38.1 Å². The van der Waals surface area contributed by atoms with E-state index in [9.17, 15) is 0 Å². The highest BCUT2D eigenvalue weighted by molar-refractivity contribution is 5.09. The first-order valence-corrected chi connectivity index (χ1v) is 5.49. The summed E-state index contributed by atoms with van der Waals surface area (Å²) in [5.74, 6) is 0. The molecule has 0 aliphatic heterocycles. The summed E-state index contributed by atoms with van der Waals surface area (Å²) in [5, 5.41) is 3.41. The van der Waals surface area contributed by atoms with Gasteiger partial charge in [-0.05, 0) is 24.7 Å². The molecule has 84 valence electrons. The van der Waals surface area contributed by atoms with Crippen LogP contribution in [0.2, 0.25) is 0 Å². The molecule has 15 heavy (non-hydrogen) atoms. The first-order valence-electron chi connectivity index (χ1n) is 5.49. The summed E-state index contributed by atoms with van der Waals surface area (Å²) in [6.07, 6.45) is 3.69. The Hall–Kier alpha value is -0.930. The largest absolute Gasteiger partial charge is 0.313 e. The molecular formula is C12H21N3. The van der Waals surface area contributed by atoms with Crippen LogP contribution in [0.1, 0.15) is 19.4 Å². The standard InChI is InChI=1S/C12H21N3/c1-11(2)14-8-9-15(3)10-12-4-6-13-7-5-12/h4-7,11,14H,8-10H2,1-3H3. The minimum Gasteiger partial charge on any atom is -0.313 e. The number of rotatable bonds is 6. The number of likely N-dealkylation sites (N-methyl/N-ethyl adjacent to an activating group) is 1. The summed E-state index contributed by atoms with van der Waals surface area (Å²) in [6, 6.07) is 4.69. The third-order valence-corrected chi connectivity index (χ3v) is 2.25. The molecule has 0 bridgehead atoms. The molecule has 0 saturated carbocycles. The molecule has 3 nitrogen and oxygen atoms in total. The second kappa shape index (κ2) is 6.53. The molecule has 0 aliphatic rings. The average Bonchev–Trinajstić information content (AvgIpc) is 2.18. The van der Waals surface area contributed by atoms with Gasteiger partial charge in [0.2, 0.25) is 0 Å². The highest BCUT2D eigenvalue weighted by Crippen LogP contribution is 1.99. The third kappa shape index (κ3) is 5.50. The Labute approximate surface area is 92.5 Å². The lowest BCUT2D eigenvalue weighted by atomic mass is 10.2. The van der Waals surface area contributed by atoms with Gasteiger partial charge in [-0.1, -0.05) is 13.8 Å². The zero-order chi connectivity index (χ0) is 11.1. The molecule has 0 spiro atoms. The first-order chi connectivity index (χ1) is 7.18. The molecule has 0 radical (unpaired) electrons. The van der Waals surface area contributed by atoms with E-state index in [1.807, 2.05) is 12.4 Å². The van der Waals surface area contributed by atoms with E-state index in [-0.39, 0.29) is 0 Å². The maximum absolute atomic E-state index is 4.01. The van der Waals surface area contributed by atoms with Gasteiger partial charge >= 0.3 is 0 Å². The Kier molecular flexibility index (Phi) is 5.29. The van der Waals surface area contributed by atoms with E-state index in [1.165, 1.54) is 5.56 Å². The Balaban J connectivity index is 2.21. The molecule has 0 atom stereocenters. The van der Waals surface area contributed by atoms with E-state index in [1.54, 1.807) is 0 Å². The lowest BCUT2D eigenvalue weighted by molar-refractivity contribution is 0.320. The molecule has 1 aromatic rings. The van der Waals surface area contributed by atoms with Gasteiger partial charge < -0.3 is 10.2 Å². The average molecular weight is 207 g/mol. The van der Waals surface area contributed by atoms with Gasteiger partial charge in [0.15, 0.2) is 0 Å². The Bertz CT molecular complexity index is 259. The summed E-state index contributed by atoms with van der Waals surface area (Å²) in [4.78, 5) is 6.32. The minimum atomic E-state index is 0.569. The van der Waals surface area contributed by atoms with Crippen LogP contribution in [0.15, 0.2) is 24.5 Å². The number of nitrogens with zero attached hydrogens (tertiary/aromatic N) is 2. The third-order valence-electron chi connectivity index (χ3n) is 2.25. The number of pyridine rings is 1. The van der Waals surface area contributed by atoms with Crippen molar-refractivity contribution in [3.8, 4) is 0 Å². The van der Waals surface area contributed by atoms with Crippen LogP contribution in [-0.4, -0.2) is 36.1 Å². The van der Waals surface area contributed by atoms with Crippen molar-refractivity contribution in [3.05, 3.63) is 30.1 Å². The molecule has 1 aromatic heterocycles. The molecular weight excluding hydrogens is 186 g/mol. The topological polar surface area (TPSA) is 28.2 Å². The van der Waals surface area contributed by atoms with Crippen molar-refractivity contribution < 1.29 is 0 Å². The van der Waals surface area contributed by atoms with Crippen LogP contribution in [0.4, 0.5) is 0 Å². The molecule has 0 aliphatic carbocycles. The molecule has 0 fully saturated rings. The number of nitrogens with one attached hydrogen (secondary N) is 1. The van der Waals surface area contributed by atoms with Gasteiger partial charge in [-0.15, -0.1) is 0 Å². The van der Waals surface area contributed by atoms with Crippen molar-refractivity contribution in [2.24, 2.45) is 0 Å². The lowest BCUT2D eigenvalue weighted by Crippen LogP contribution is -2.32. The Morgan fingerprint density at radius 3 is 2.60 bits per heavy atom. The second-order valence-corrected chi connectivity index (χ2v) is 4.20. The van der Waals surface area contributed by atoms with Gasteiger partial charge in [0.05, 0.1) is 0 Å². The molecule has 0 unspecified atom stereocenters. The predicted octanol–water partition coefficient (Wildman–Crippen LogP) is 1.51. The van der Waals surface area contributed by atoms with E-state index in [0.717, 1.165) is 19.6 Å². The molecule has 1 rings (SSSR count). The second-order valence-electron chi connectivity index (χ2n) is 4.20. The van der Waals surface area contributed by atoms with Crippen LogP contribution in [0.25, 0.3) is 0 Å². The lowest BCUT2D eigenvalue weighted by Gasteiger charge is -2.17. The fourth-order valence-electron chi connectivity index (χ4n) is 1.42. The predicted molar refractivity (Wildman–Crippen MR) is 63.7 cm³/mol. The van der Waals surface area contributed by atoms with Crippen molar-refractivity contribution >= 4 is 0 Å². The zero-order valence-electron chi connectivity index (χ0n) is 9.90. The Morgan fingerprint density at radius 2 is 2.00 bits per heavy atom. The van der Waals surface area contributed by atoms with Crippen molar-refractivity contribution in [1.29, 1.82) is 0 Å². The van der Waals surface area contributed by atoms with Crippen molar-refractivity contribution in [2.45, 2.75) is 26.4 Å². The summed E-state index contributed by atoms with van der Waals surface area (Å²) in [5.41, 5.74) is 1.32. The van der Waals surface area contributed by atoms with Gasteiger partial charge in [-0.3, -0.25) is 4.98 Å². The highest BCUT2D eigenvalue weighted by Gasteiger charge is 1.99. The summed E-state index contributed by atoms with van der Waals surface area (Å²) >= 11 is 0. The molecule has 1 N–H and O–H groups in total. The molecule has 3 heteroatoms. The van der Waals surface area contributed by atoms with E-state index in [0.29, 0.717) is 6.04 Å². The van der Waals surface area contributed by atoms with Crippen molar-refractivity contribution in [1.82, 2.24) is 15.2 Å². The zero-order valence-corrected chi connectivity index (χ0v) is 9.90. The van der Waals surface area contributed by atoms with Gasteiger partial charge in [0.1, 0.15) is 0 Å². The monoisotopic (exact) mass is 207 g/mol. The van der Waals surface area contributed by atoms with Gasteiger partial charge in [-0.25, -0.2) is 0 Å². The maximum Gasteiger partial charge on any atom is 0.0271 e. The van der Waals surface area contributed by atoms with E-state index < -0.39 is 0 Å². The number of aromatic nitrogens is 1. The van der Waals surface area contributed by atoms with E-state index in [2.05, 4.69) is 48.2 Å². The van der Waals surface area contributed by atoms with Gasteiger partial charge in [-0.2, -0.15) is 0 Å². The van der Waals surface area contributed by atoms with E-state index in [4.69, 9.17) is 0 Å². The summed E-state index contributed by atoms with van der Waals surface area (Å²) in [7, 11) is 2.14. The SMILES string of the molecule is CC(C)NCCN(C)Cc1ccncc1. The van der Waals surface area contributed by atoms with Crippen LogP contribution in [0.3, 0.4) is 0 Å². The summed E-state index contributed by atoms with van der Waals surface area (Å²) in [6.45, 7) is 7.44. The number of hydrogen-bond donors (Lipinski definition) is 1. The molecule has 0 amide bonds. The molecule has 1 heterocycles. The first kappa shape index (κ1) is 12.1. The van der Waals surface area contributed by atoms with Gasteiger partial charge in [0.25, 0.3) is 0 Å². The minimum absolute atomic E-state index is 0.569. The van der Waals surface area contributed by atoms with Crippen molar-refractivity contribution in [2.75, 3.05) is 20.1 Å². The molecule has 0 saturated heterocycles. The van der Waals surface area contributed by atoms with Crippen LogP contribution < -0.4 is 5.32 Å². The van der Waals surface area contributed by atoms with E-state index >= 15 is 0 Å². The normalized spacial score (nSPS) is 11.3.